The second-order valence-electron chi connectivity index (χ2n) is 9.62. The maximum Gasteiger partial charge on any atom is 0.263 e. The topological polar surface area (TPSA) is 110 Å². The van der Waals surface area contributed by atoms with Crippen molar-refractivity contribution in [3.8, 4) is 0 Å². The molecule has 2 heterocycles. The molecule has 0 radical (unpaired) electrons. The Hall–Kier alpha value is -2.48. The number of fused-ring (bicyclic) bond motifs is 1. The van der Waals surface area contributed by atoms with Crippen molar-refractivity contribution in [2.75, 3.05) is 5.73 Å². The molecule has 0 aromatic carbocycles. The Bertz CT molecular complexity index is 972. The van der Waals surface area contributed by atoms with E-state index < -0.39 is 6.04 Å². The zero-order valence-corrected chi connectivity index (χ0v) is 20.4. The Morgan fingerprint density at radius 3 is 2.67 bits per heavy atom. The minimum Gasteiger partial charge on any atom is -0.384 e. The van der Waals surface area contributed by atoms with Crippen LogP contribution in [0.25, 0.3) is 0 Å². The number of pyridine rings is 1. The summed E-state index contributed by atoms with van der Waals surface area (Å²) in [6, 6.07) is 3.01. The van der Waals surface area contributed by atoms with E-state index in [-0.39, 0.29) is 11.8 Å². The molecule has 8 heteroatoms. The van der Waals surface area contributed by atoms with Crippen LogP contribution in [0.4, 0.5) is 5.82 Å². The van der Waals surface area contributed by atoms with Gasteiger partial charge in [-0.25, -0.2) is 9.97 Å². The van der Waals surface area contributed by atoms with Crippen molar-refractivity contribution >= 4 is 29.0 Å². The Balaban J connectivity index is 1.47. The Morgan fingerprint density at radius 1 is 1.15 bits per heavy atom. The van der Waals surface area contributed by atoms with Crippen LogP contribution in [0.5, 0.6) is 0 Å². The molecule has 2 aromatic rings. The van der Waals surface area contributed by atoms with Gasteiger partial charge in [0.15, 0.2) is 0 Å². The van der Waals surface area contributed by atoms with Crippen molar-refractivity contribution < 1.29 is 9.59 Å². The first-order valence-corrected chi connectivity index (χ1v) is 13.0. The number of anilines is 1. The predicted octanol–water partition coefficient (Wildman–Crippen LogP) is 4.15. The molecule has 2 aliphatic carbocycles. The van der Waals surface area contributed by atoms with Crippen molar-refractivity contribution in [3.63, 3.8) is 0 Å². The zero-order valence-electron chi connectivity index (χ0n) is 19.6. The summed E-state index contributed by atoms with van der Waals surface area (Å²) in [7, 11) is 0. The summed E-state index contributed by atoms with van der Waals surface area (Å²) in [5, 5.41) is 6.92. The average Bonchev–Trinajstić information content (AvgIpc) is 3.16. The standard InChI is InChI=1S/C25H35N5O2S/c1-15-23(33-16(2)29-15)25(32)30-21(24(31)28-14-17-10-11-22(26)27-13-17)12-19-8-5-7-18-6-3-4-9-20(18)19/h10-11,13,18-21H,3-9,12,14H2,1-2H3,(H2,26,27)(H,28,31)(H,30,32)/t18?,19?,20?,21-/m0/s1. The SMILES string of the molecule is Cc1nc(C)c(C(=O)N[C@@H](CC2CCCC3CCCCC32)C(=O)NCc2ccc(N)nc2)s1. The van der Waals surface area contributed by atoms with Crippen LogP contribution in [0.15, 0.2) is 18.3 Å². The summed E-state index contributed by atoms with van der Waals surface area (Å²) in [5.74, 6) is 2.03. The molecule has 33 heavy (non-hydrogen) atoms. The maximum atomic E-state index is 13.3. The van der Waals surface area contributed by atoms with Gasteiger partial charge < -0.3 is 16.4 Å². The van der Waals surface area contributed by atoms with Crippen LogP contribution in [0.2, 0.25) is 0 Å². The number of nitrogens with two attached hydrogens (primary N) is 1. The number of nitrogens with zero attached hydrogens (tertiary/aromatic N) is 2. The van der Waals surface area contributed by atoms with E-state index >= 15 is 0 Å². The summed E-state index contributed by atoms with van der Waals surface area (Å²) >= 11 is 1.38. The maximum absolute atomic E-state index is 13.3. The first kappa shape index (κ1) is 23.7. The predicted molar refractivity (Wildman–Crippen MR) is 131 cm³/mol. The minimum atomic E-state index is -0.563. The van der Waals surface area contributed by atoms with Gasteiger partial charge in [0.1, 0.15) is 16.7 Å². The fourth-order valence-corrected chi connectivity index (χ4v) is 6.54. The number of hydrogen-bond acceptors (Lipinski definition) is 6. The lowest BCUT2D eigenvalue weighted by molar-refractivity contribution is -0.123. The smallest absolute Gasteiger partial charge is 0.263 e. The third-order valence-electron chi connectivity index (χ3n) is 7.31. The van der Waals surface area contributed by atoms with E-state index in [4.69, 9.17) is 5.73 Å². The lowest BCUT2D eigenvalue weighted by Gasteiger charge is -2.42. The van der Waals surface area contributed by atoms with E-state index in [1.165, 1.54) is 49.9 Å². The Kier molecular flexibility index (Phi) is 7.63. The normalized spacial score (nSPS) is 23.4. The van der Waals surface area contributed by atoms with E-state index in [0.717, 1.165) is 22.9 Å². The highest BCUT2D eigenvalue weighted by atomic mass is 32.1. The molecule has 2 aromatic heterocycles. The van der Waals surface area contributed by atoms with Crippen molar-refractivity contribution in [3.05, 3.63) is 39.5 Å². The molecule has 7 nitrogen and oxygen atoms in total. The van der Waals surface area contributed by atoms with Crippen LogP contribution < -0.4 is 16.4 Å². The van der Waals surface area contributed by atoms with E-state index in [1.807, 2.05) is 19.9 Å². The average molecular weight is 470 g/mol. The number of hydrogen-bond donors (Lipinski definition) is 3. The first-order valence-electron chi connectivity index (χ1n) is 12.1. The molecule has 4 atom stereocenters. The summed E-state index contributed by atoms with van der Waals surface area (Å²) in [6.45, 7) is 4.09. The number of aryl methyl sites for hydroxylation is 2. The van der Waals surface area contributed by atoms with Crippen LogP contribution in [-0.4, -0.2) is 27.8 Å². The fourth-order valence-electron chi connectivity index (χ4n) is 5.72. The second kappa shape index (κ2) is 10.6. The molecule has 0 aliphatic heterocycles. The third kappa shape index (κ3) is 5.91. The Morgan fingerprint density at radius 2 is 1.94 bits per heavy atom. The van der Waals surface area contributed by atoms with Crippen LogP contribution in [0, 0.1) is 31.6 Å². The van der Waals surface area contributed by atoms with E-state index in [0.29, 0.717) is 41.2 Å². The third-order valence-corrected chi connectivity index (χ3v) is 8.38. The highest BCUT2D eigenvalue weighted by Crippen LogP contribution is 2.45. The second-order valence-corrected chi connectivity index (χ2v) is 10.8. The molecule has 0 saturated heterocycles. The molecular formula is C25H35N5O2S. The van der Waals surface area contributed by atoms with Gasteiger partial charge in [-0.15, -0.1) is 11.3 Å². The number of thiazole rings is 1. The molecular weight excluding hydrogens is 434 g/mol. The first-order chi connectivity index (χ1) is 15.9. The van der Waals surface area contributed by atoms with Gasteiger partial charge in [-0.1, -0.05) is 44.6 Å². The molecule has 0 spiro atoms. The quantitative estimate of drug-likeness (QED) is 0.564. The van der Waals surface area contributed by atoms with Gasteiger partial charge in [0.05, 0.1) is 10.7 Å². The highest BCUT2D eigenvalue weighted by molar-refractivity contribution is 7.13. The Labute approximate surface area is 200 Å². The van der Waals surface area contributed by atoms with Crippen molar-refractivity contribution in [2.45, 2.75) is 77.8 Å². The molecule has 2 fully saturated rings. The monoisotopic (exact) mass is 469 g/mol. The molecule has 2 aliphatic rings. The number of amides is 2. The van der Waals surface area contributed by atoms with Gasteiger partial charge in [-0.3, -0.25) is 9.59 Å². The summed E-state index contributed by atoms with van der Waals surface area (Å²) in [6.07, 6.45) is 11.2. The number of carbonyl (C=O) groups excluding carboxylic acids is 2. The van der Waals surface area contributed by atoms with Crippen LogP contribution in [0.1, 0.15) is 77.3 Å². The van der Waals surface area contributed by atoms with Crippen LogP contribution >= 0.6 is 11.3 Å². The molecule has 4 rings (SSSR count). The van der Waals surface area contributed by atoms with Gasteiger partial charge in [-0.05, 0) is 56.1 Å². The number of carbonyl (C=O) groups is 2. The number of aromatic nitrogens is 2. The van der Waals surface area contributed by atoms with Crippen molar-refractivity contribution in [2.24, 2.45) is 17.8 Å². The van der Waals surface area contributed by atoms with Gasteiger partial charge in [0.2, 0.25) is 5.91 Å². The van der Waals surface area contributed by atoms with Crippen LogP contribution in [-0.2, 0) is 11.3 Å². The van der Waals surface area contributed by atoms with E-state index in [1.54, 1.807) is 12.3 Å². The van der Waals surface area contributed by atoms with Gasteiger partial charge in [0.25, 0.3) is 5.91 Å². The van der Waals surface area contributed by atoms with Crippen molar-refractivity contribution in [1.82, 2.24) is 20.6 Å². The molecule has 178 valence electrons. The lowest BCUT2D eigenvalue weighted by Crippen LogP contribution is -2.48. The molecule has 0 bridgehead atoms. The summed E-state index contributed by atoms with van der Waals surface area (Å²) in [4.78, 5) is 35.4. The van der Waals surface area contributed by atoms with Crippen molar-refractivity contribution in [1.29, 1.82) is 0 Å². The van der Waals surface area contributed by atoms with Gasteiger partial charge >= 0.3 is 0 Å². The largest absolute Gasteiger partial charge is 0.384 e. The summed E-state index contributed by atoms with van der Waals surface area (Å²) < 4.78 is 0. The summed E-state index contributed by atoms with van der Waals surface area (Å²) in [5.41, 5.74) is 7.25. The zero-order chi connectivity index (χ0) is 23.4. The molecule has 2 saturated carbocycles. The van der Waals surface area contributed by atoms with Gasteiger partial charge in [-0.2, -0.15) is 0 Å². The fraction of sp³-hybridized carbons (Fsp3) is 0.600. The highest BCUT2D eigenvalue weighted by Gasteiger charge is 2.37. The van der Waals surface area contributed by atoms with E-state index in [2.05, 4.69) is 20.6 Å². The number of rotatable bonds is 7. The number of nitrogen functional groups attached to an aromatic ring is 1. The molecule has 4 N–H and O–H groups in total. The minimum absolute atomic E-state index is 0.142. The van der Waals surface area contributed by atoms with Gasteiger partial charge in [0, 0.05) is 12.7 Å². The van der Waals surface area contributed by atoms with E-state index in [9.17, 15) is 9.59 Å². The molecule has 2 amide bonds. The lowest BCUT2D eigenvalue weighted by atomic mass is 9.64. The number of nitrogens with one attached hydrogen (secondary N) is 2. The van der Waals surface area contributed by atoms with Crippen LogP contribution in [0.3, 0.4) is 0 Å². The molecule has 3 unspecified atom stereocenters.